The van der Waals surface area contributed by atoms with E-state index in [0.717, 1.165) is 0 Å². The average Bonchev–Trinajstić information content (AvgIpc) is 2.90. The summed E-state index contributed by atoms with van der Waals surface area (Å²) >= 11 is 0. The third-order valence-corrected chi connectivity index (χ3v) is 4.22. The summed E-state index contributed by atoms with van der Waals surface area (Å²) in [4.78, 5) is 0. The number of nitrogens with zero attached hydrogens (tertiary/aromatic N) is 1. The van der Waals surface area contributed by atoms with Gasteiger partial charge in [0.25, 0.3) is 0 Å². The molecule has 0 fully saturated rings. The molecule has 0 spiro atoms. The molecule has 0 radical (unpaired) electrons. The van der Waals surface area contributed by atoms with Gasteiger partial charge in [-0.2, -0.15) is 0 Å². The second kappa shape index (κ2) is 5.40. The maximum absolute atomic E-state index is 2.32. The summed E-state index contributed by atoms with van der Waals surface area (Å²) in [7, 11) is 0. The Hall–Kier alpha value is -2.02. The Balaban J connectivity index is 2.09. The first-order chi connectivity index (χ1) is 10.1. The van der Waals surface area contributed by atoms with Crippen molar-refractivity contribution in [3.8, 4) is 5.69 Å². The highest BCUT2D eigenvalue weighted by atomic mass is 15.0. The highest BCUT2D eigenvalue weighted by molar-refractivity contribution is 5.82. The van der Waals surface area contributed by atoms with E-state index in [9.17, 15) is 0 Å². The summed E-state index contributed by atoms with van der Waals surface area (Å²) in [6, 6.07) is 17.9. The zero-order valence-electron chi connectivity index (χ0n) is 13.3. The molecule has 1 heterocycles. The zero-order valence-corrected chi connectivity index (χ0v) is 13.3. The monoisotopic (exact) mass is 277 g/mol. The predicted molar refractivity (Wildman–Crippen MR) is 91.5 cm³/mol. The van der Waals surface area contributed by atoms with Crippen molar-refractivity contribution in [1.29, 1.82) is 0 Å². The van der Waals surface area contributed by atoms with Crippen molar-refractivity contribution in [2.45, 2.75) is 39.5 Å². The second-order valence-electron chi connectivity index (χ2n) is 6.40. The molecule has 0 saturated heterocycles. The van der Waals surface area contributed by atoms with E-state index in [-0.39, 0.29) is 0 Å². The van der Waals surface area contributed by atoms with Crippen LogP contribution in [0.5, 0.6) is 0 Å². The molecule has 0 amide bonds. The fraction of sp³-hybridized carbons (Fsp3) is 0.300. The number of fused-ring (bicyclic) bond motifs is 1. The fourth-order valence-corrected chi connectivity index (χ4v) is 2.75. The molecule has 0 N–H and O–H groups in total. The minimum Gasteiger partial charge on any atom is -0.317 e. The first kappa shape index (κ1) is 13.9. The van der Waals surface area contributed by atoms with Gasteiger partial charge in [-0.15, -0.1) is 0 Å². The summed E-state index contributed by atoms with van der Waals surface area (Å²) in [5, 5.41) is 1.30. The molecule has 1 nitrogen and oxygen atoms in total. The average molecular weight is 277 g/mol. The number of benzene rings is 2. The molecule has 1 aromatic heterocycles. The minimum absolute atomic E-state index is 0.557. The van der Waals surface area contributed by atoms with Gasteiger partial charge >= 0.3 is 0 Å². The van der Waals surface area contributed by atoms with Crippen molar-refractivity contribution < 1.29 is 0 Å². The Labute approximate surface area is 127 Å². The van der Waals surface area contributed by atoms with E-state index in [0.29, 0.717) is 11.8 Å². The van der Waals surface area contributed by atoms with Crippen LogP contribution in [0.15, 0.2) is 54.7 Å². The topological polar surface area (TPSA) is 4.93 Å². The molecule has 0 unspecified atom stereocenters. The Morgan fingerprint density at radius 2 is 1.33 bits per heavy atom. The van der Waals surface area contributed by atoms with E-state index in [1.165, 1.54) is 27.7 Å². The van der Waals surface area contributed by atoms with Crippen LogP contribution in [0.1, 0.15) is 50.7 Å². The SMILES string of the molecule is CC(C)c1ccc(-n2ccc3ccc(C(C)C)cc32)cc1. The number of hydrogen-bond donors (Lipinski definition) is 0. The lowest BCUT2D eigenvalue weighted by Gasteiger charge is -2.11. The molecule has 21 heavy (non-hydrogen) atoms. The first-order valence-corrected chi connectivity index (χ1v) is 7.77. The second-order valence-corrected chi connectivity index (χ2v) is 6.40. The maximum Gasteiger partial charge on any atom is 0.0531 e. The zero-order chi connectivity index (χ0) is 15.0. The molecule has 3 rings (SSSR count). The molecule has 0 aliphatic heterocycles. The van der Waals surface area contributed by atoms with Gasteiger partial charge < -0.3 is 4.57 Å². The van der Waals surface area contributed by atoms with Crippen molar-refractivity contribution in [3.63, 3.8) is 0 Å². The number of hydrogen-bond acceptors (Lipinski definition) is 0. The number of aromatic nitrogens is 1. The van der Waals surface area contributed by atoms with Gasteiger partial charge in [-0.3, -0.25) is 0 Å². The molecule has 0 aliphatic rings. The van der Waals surface area contributed by atoms with E-state index < -0.39 is 0 Å². The normalized spacial score (nSPS) is 11.7. The summed E-state index contributed by atoms with van der Waals surface area (Å²) in [6.45, 7) is 8.95. The molecule has 0 aliphatic carbocycles. The Bertz CT molecular complexity index is 745. The van der Waals surface area contributed by atoms with Crippen molar-refractivity contribution in [2.24, 2.45) is 0 Å². The van der Waals surface area contributed by atoms with Gasteiger partial charge in [-0.05, 0) is 52.6 Å². The van der Waals surface area contributed by atoms with Gasteiger partial charge in [-0.1, -0.05) is 52.0 Å². The van der Waals surface area contributed by atoms with E-state index in [4.69, 9.17) is 0 Å². The van der Waals surface area contributed by atoms with Crippen LogP contribution >= 0.6 is 0 Å². The maximum atomic E-state index is 2.32. The molecule has 2 aromatic carbocycles. The molecule has 0 saturated carbocycles. The number of rotatable bonds is 3. The molecular weight excluding hydrogens is 254 g/mol. The van der Waals surface area contributed by atoms with Crippen LogP contribution in [-0.4, -0.2) is 4.57 Å². The predicted octanol–water partition coefficient (Wildman–Crippen LogP) is 5.88. The van der Waals surface area contributed by atoms with Crippen molar-refractivity contribution in [1.82, 2.24) is 4.57 Å². The van der Waals surface area contributed by atoms with Crippen LogP contribution in [0.4, 0.5) is 0 Å². The van der Waals surface area contributed by atoms with Crippen LogP contribution in [-0.2, 0) is 0 Å². The highest BCUT2D eigenvalue weighted by Crippen LogP contribution is 2.25. The highest BCUT2D eigenvalue weighted by Gasteiger charge is 2.07. The quantitative estimate of drug-likeness (QED) is 0.563. The smallest absolute Gasteiger partial charge is 0.0531 e. The lowest BCUT2D eigenvalue weighted by molar-refractivity contribution is 0.864. The molecule has 0 bridgehead atoms. The molecule has 1 heteroatoms. The van der Waals surface area contributed by atoms with Crippen LogP contribution in [0.25, 0.3) is 16.6 Å². The Morgan fingerprint density at radius 1 is 0.714 bits per heavy atom. The van der Waals surface area contributed by atoms with Gasteiger partial charge in [0.2, 0.25) is 0 Å². The third kappa shape index (κ3) is 2.61. The van der Waals surface area contributed by atoms with Gasteiger partial charge in [0.05, 0.1) is 5.52 Å². The standard InChI is InChI=1S/C20H23N/c1-14(2)16-7-9-19(10-8-16)21-12-11-17-5-6-18(15(3)4)13-20(17)21/h5-15H,1-4H3. The van der Waals surface area contributed by atoms with E-state index in [2.05, 4.69) is 87.0 Å². The van der Waals surface area contributed by atoms with E-state index in [1.54, 1.807) is 0 Å². The van der Waals surface area contributed by atoms with Crippen molar-refractivity contribution >= 4 is 10.9 Å². The van der Waals surface area contributed by atoms with Crippen molar-refractivity contribution in [3.05, 3.63) is 65.9 Å². The molecular formula is C20H23N. The summed E-state index contributed by atoms with van der Waals surface area (Å²) in [6.07, 6.45) is 2.17. The fourth-order valence-electron chi connectivity index (χ4n) is 2.75. The Morgan fingerprint density at radius 3 is 1.95 bits per heavy atom. The van der Waals surface area contributed by atoms with Gasteiger partial charge in [0.15, 0.2) is 0 Å². The van der Waals surface area contributed by atoms with Crippen LogP contribution in [0.2, 0.25) is 0 Å². The summed E-state index contributed by atoms with van der Waals surface area (Å²) in [5.41, 5.74) is 5.30. The van der Waals surface area contributed by atoms with Crippen LogP contribution in [0, 0.1) is 0 Å². The minimum atomic E-state index is 0.557. The lowest BCUT2D eigenvalue weighted by Crippen LogP contribution is -1.95. The van der Waals surface area contributed by atoms with Crippen LogP contribution in [0.3, 0.4) is 0 Å². The third-order valence-electron chi connectivity index (χ3n) is 4.22. The summed E-state index contributed by atoms with van der Waals surface area (Å²) in [5.74, 6) is 1.13. The van der Waals surface area contributed by atoms with Crippen LogP contribution < -0.4 is 0 Å². The van der Waals surface area contributed by atoms with Gasteiger partial charge in [-0.25, -0.2) is 0 Å². The van der Waals surface area contributed by atoms with E-state index in [1.807, 2.05) is 0 Å². The van der Waals surface area contributed by atoms with Gasteiger partial charge in [0.1, 0.15) is 0 Å². The van der Waals surface area contributed by atoms with Gasteiger partial charge in [0, 0.05) is 11.9 Å². The molecule has 0 atom stereocenters. The summed E-state index contributed by atoms with van der Waals surface area (Å²) < 4.78 is 2.28. The lowest BCUT2D eigenvalue weighted by atomic mass is 10.0. The molecule has 108 valence electrons. The Kier molecular flexibility index (Phi) is 3.59. The van der Waals surface area contributed by atoms with E-state index >= 15 is 0 Å². The largest absolute Gasteiger partial charge is 0.317 e. The van der Waals surface area contributed by atoms with Crippen molar-refractivity contribution in [2.75, 3.05) is 0 Å². The molecule has 3 aromatic rings. The first-order valence-electron chi connectivity index (χ1n) is 7.77.